The molecule has 5 nitrogen and oxygen atoms in total. The number of rotatable bonds is 6. The zero-order valence-corrected chi connectivity index (χ0v) is 10.3. The van der Waals surface area contributed by atoms with Gasteiger partial charge in [-0.25, -0.2) is 4.79 Å². The summed E-state index contributed by atoms with van der Waals surface area (Å²) >= 11 is 0. The number of hydrogen-bond donors (Lipinski definition) is 1. The summed E-state index contributed by atoms with van der Waals surface area (Å²) in [7, 11) is 1.25. The molecule has 18 heavy (non-hydrogen) atoms. The van der Waals surface area contributed by atoms with E-state index < -0.39 is 24.0 Å². The van der Waals surface area contributed by atoms with Gasteiger partial charge in [-0.3, -0.25) is 4.79 Å². The van der Waals surface area contributed by atoms with E-state index in [-0.39, 0.29) is 6.61 Å². The highest BCUT2D eigenvalue weighted by molar-refractivity contribution is 5.88. The van der Waals surface area contributed by atoms with Crippen LogP contribution in [0.3, 0.4) is 0 Å². The van der Waals surface area contributed by atoms with Gasteiger partial charge in [0.05, 0.1) is 0 Å². The molecule has 0 bridgehead atoms. The van der Waals surface area contributed by atoms with E-state index in [0.29, 0.717) is 0 Å². The number of Topliss-reactive ketones (excluding diaryl/α,β-unsaturated/α-hetero) is 1. The van der Waals surface area contributed by atoms with Crippen molar-refractivity contribution in [2.75, 3.05) is 7.11 Å². The van der Waals surface area contributed by atoms with Crippen molar-refractivity contribution in [3.63, 3.8) is 0 Å². The number of carbonyl (C=O) groups is 2. The largest absolute Gasteiger partial charge is 0.459 e. The minimum absolute atomic E-state index is 0.0467. The summed E-state index contributed by atoms with van der Waals surface area (Å²) in [6.07, 6.45) is -2.79. The van der Waals surface area contributed by atoms with Gasteiger partial charge >= 0.3 is 5.97 Å². The molecule has 0 saturated heterocycles. The number of ether oxygens (including phenoxy) is 2. The SMILES string of the molecule is COC(C(C)=O)C(O)C(=O)OCc1ccccc1. The van der Waals surface area contributed by atoms with Crippen LogP contribution in [0.25, 0.3) is 0 Å². The lowest BCUT2D eigenvalue weighted by Gasteiger charge is -2.17. The summed E-state index contributed by atoms with van der Waals surface area (Å²) in [6.45, 7) is 1.28. The van der Waals surface area contributed by atoms with Crippen molar-refractivity contribution in [1.29, 1.82) is 0 Å². The first kappa shape index (κ1) is 14.3. The Morgan fingerprint density at radius 2 is 1.89 bits per heavy atom. The van der Waals surface area contributed by atoms with Crippen LogP contribution < -0.4 is 0 Å². The van der Waals surface area contributed by atoms with Crippen LogP contribution in [0.15, 0.2) is 30.3 Å². The molecule has 0 radical (unpaired) electrons. The van der Waals surface area contributed by atoms with Gasteiger partial charge in [0.1, 0.15) is 6.61 Å². The first-order chi connectivity index (χ1) is 8.56. The van der Waals surface area contributed by atoms with E-state index in [1.54, 1.807) is 12.1 Å². The topological polar surface area (TPSA) is 72.8 Å². The molecule has 0 heterocycles. The van der Waals surface area contributed by atoms with Crippen molar-refractivity contribution in [1.82, 2.24) is 0 Å². The number of benzene rings is 1. The van der Waals surface area contributed by atoms with E-state index in [1.807, 2.05) is 18.2 Å². The lowest BCUT2D eigenvalue weighted by Crippen LogP contribution is -2.41. The molecule has 0 saturated carbocycles. The van der Waals surface area contributed by atoms with Crippen molar-refractivity contribution in [3.8, 4) is 0 Å². The summed E-state index contributed by atoms with van der Waals surface area (Å²) in [6, 6.07) is 9.05. The lowest BCUT2D eigenvalue weighted by atomic mass is 10.1. The molecular weight excluding hydrogens is 236 g/mol. The van der Waals surface area contributed by atoms with Crippen molar-refractivity contribution < 1.29 is 24.2 Å². The maximum Gasteiger partial charge on any atom is 0.338 e. The molecule has 0 spiro atoms. The lowest BCUT2D eigenvalue weighted by molar-refractivity contribution is -0.165. The Morgan fingerprint density at radius 3 is 2.39 bits per heavy atom. The number of aliphatic hydroxyl groups is 1. The van der Waals surface area contributed by atoms with Crippen molar-refractivity contribution in [2.45, 2.75) is 25.7 Å². The maximum absolute atomic E-state index is 11.5. The van der Waals surface area contributed by atoms with Gasteiger partial charge in [0.2, 0.25) is 0 Å². The number of hydrogen-bond acceptors (Lipinski definition) is 5. The molecule has 1 N–H and O–H groups in total. The van der Waals surface area contributed by atoms with E-state index in [9.17, 15) is 14.7 Å². The molecule has 1 rings (SSSR count). The normalized spacial score (nSPS) is 13.7. The first-order valence-corrected chi connectivity index (χ1v) is 5.48. The highest BCUT2D eigenvalue weighted by atomic mass is 16.6. The number of carbonyl (C=O) groups excluding carboxylic acids is 2. The summed E-state index contributed by atoms with van der Waals surface area (Å²) < 4.78 is 9.65. The summed E-state index contributed by atoms with van der Waals surface area (Å²) in [5, 5.41) is 9.61. The van der Waals surface area contributed by atoms with Crippen LogP contribution in [0.1, 0.15) is 12.5 Å². The van der Waals surface area contributed by atoms with E-state index in [0.717, 1.165) is 5.56 Å². The second kappa shape index (κ2) is 6.88. The number of aliphatic hydroxyl groups excluding tert-OH is 1. The van der Waals surface area contributed by atoms with Gasteiger partial charge < -0.3 is 14.6 Å². The van der Waals surface area contributed by atoms with Gasteiger partial charge in [0.15, 0.2) is 18.0 Å². The number of methoxy groups -OCH3 is 1. The molecular formula is C13H16O5. The molecule has 0 aliphatic heterocycles. The molecule has 0 aromatic heterocycles. The minimum Gasteiger partial charge on any atom is -0.459 e. The number of esters is 1. The Hall–Kier alpha value is -1.72. The molecule has 1 aromatic carbocycles. The predicted molar refractivity (Wildman–Crippen MR) is 63.7 cm³/mol. The Balaban J connectivity index is 2.52. The summed E-state index contributed by atoms with van der Waals surface area (Å²) in [5.41, 5.74) is 0.801. The van der Waals surface area contributed by atoms with Crippen LogP contribution >= 0.6 is 0 Å². The predicted octanol–water partition coefficient (Wildman–Crippen LogP) is 0.695. The van der Waals surface area contributed by atoms with Crippen LogP contribution in [0.4, 0.5) is 0 Å². The van der Waals surface area contributed by atoms with E-state index in [1.165, 1.54) is 14.0 Å². The third-order valence-electron chi connectivity index (χ3n) is 2.41. The van der Waals surface area contributed by atoms with Gasteiger partial charge in [-0.2, -0.15) is 0 Å². The smallest absolute Gasteiger partial charge is 0.338 e. The number of ketones is 1. The van der Waals surface area contributed by atoms with Crippen LogP contribution in [-0.2, 0) is 25.7 Å². The zero-order valence-electron chi connectivity index (χ0n) is 10.3. The third-order valence-corrected chi connectivity index (χ3v) is 2.41. The highest BCUT2D eigenvalue weighted by Gasteiger charge is 2.30. The third kappa shape index (κ3) is 3.94. The molecule has 0 amide bonds. The maximum atomic E-state index is 11.5. The van der Waals surface area contributed by atoms with Crippen LogP contribution in [-0.4, -0.2) is 36.2 Å². The molecule has 5 heteroatoms. The Kier molecular flexibility index (Phi) is 5.48. The van der Waals surface area contributed by atoms with Gasteiger partial charge in [-0.1, -0.05) is 30.3 Å². The van der Waals surface area contributed by atoms with Gasteiger partial charge in [0.25, 0.3) is 0 Å². The molecule has 2 atom stereocenters. The fraction of sp³-hybridized carbons (Fsp3) is 0.385. The van der Waals surface area contributed by atoms with E-state index in [2.05, 4.69) is 0 Å². The van der Waals surface area contributed by atoms with Gasteiger partial charge in [-0.05, 0) is 12.5 Å². The average molecular weight is 252 g/mol. The fourth-order valence-electron chi connectivity index (χ4n) is 1.45. The molecule has 1 aromatic rings. The Labute approximate surface area is 105 Å². The van der Waals surface area contributed by atoms with Crippen molar-refractivity contribution >= 4 is 11.8 Å². The van der Waals surface area contributed by atoms with Crippen molar-refractivity contribution in [3.05, 3.63) is 35.9 Å². The van der Waals surface area contributed by atoms with Gasteiger partial charge in [0, 0.05) is 7.11 Å². The highest BCUT2D eigenvalue weighted by Crippen LogP contribution is 2.06. The van der Waals surface area contributed by atoms with E-state index >= 15 is 0 Å². The summed E-state index contributed by atoms with van der Waals surface area (Å²) in [5.74, 6) is -1.30. The second-order valence-electron chi connectivity index (χ2n) is 3.81. The van der Waals surface area contributed by atoms with Crippen LogP contribution in [0.5, 0.6) is 0 Å². The Morgan fingerprint density at radius 1 is 1.28 bits per heavy atom. The zero-order chi connectivity index (χ0) is 13.5. The fourth-order valence-corrected chi connectivity index (χ4v) is 1.45. The van der Waals surface area contributed by atoms with Gasteiger partial charge in [-0.15, -0.1) is 0 Å². The minimum atomic E-state index is -1.60. The van der Waals surface area contributed by atoms with E-state index in [4.69, 9.17) is 9.47 Å². The molecule has 0 fully saturated rings. The van der Waals surface area contributed by atoms with Crippen LogP contribution in [0, 0.1) is 0 Å². The molecule has 0 aliphatic carbocycles. The standard InChI is InChI=1S/C13H16O5/c1-9(14)12(17-2)11(15)13(16)18-8-10-6-4-3-5-7-10/h3-7,11-12,15H,8H2,1-2H3. The first-order valence-electron chi connectivity index (χ1n) is 5.48. The Bertz CT molecular complexity index is 401. The molecule has 0 aliphatic rings. The second-order valence-corrected chi connectivity index (χ2v) is 3.81. The van der Waals surface area contributed by atoms with Crippen LogP contribution in [0.2, 0.25) is 0 Å². The molecule has 2 unspecified atom stereocenters. The monoisotopic (exact) mass is 252 g/mol. The average Bonchev–Trinajstić information content (AvgIpc) is 2.37. The van der Waals surface area contributed by atoms with Crippen molar-refractivity contribution in [2.24, 2.45) is 0 Å². The quantitative estimate of drug-likeness (QED) is 0.754. The molecule has 98 valence electrons. The summed E-state index contributed by atoms with van der Waals surface area (Å²) in [4.78, 5) is 22.6.